The van der Waals surface area contributed by atoms with E-state index in [1.165, 1.54) is 0 Å². The number of nitrogens with zero attached hydrogens (tertiary/aromatic N) is 1. The first-order valence-electron chi connectivity index (χ1n) is 3.42. The van der Waals surface area contributed by atoms with Crippen LogP contribution in [0.25, 0.3) is 0 Å². The molecular weight excluding hydrogens is 257 g/mol. The van der Waals surface area contributed by atoms with E-state index in [2.05, 4.69) is 4.98 Å². The molecule has 0 radical (unpaired) electrons. The molecule has 0 unspecified atom stereocenters. The lowest BCUT2D eigenvalue weighted by molar-refractivity contribution is 0.144. The van der Waals surface area contributed by atoms with Crippen LogP contribution in [0, 0.1) is 5.95 Å². The van der Waals surface area contributed by atoms with Gasteiger partial charge in [0.05, 0.1) is 5.69 Å². The molecule has 1 heterocycles. The van der Waals surface area contributed by atoms with E-state index in [0.29, 0.717) is 6.07 Å². The number of rotatable bonds is 2. The van der Waals surface area contributed by atoms with Crippen molar-refractivity contribution in [3.05, 3.63) is 17.7 Å². The number of hydrogen-bond acceptors (Lipinski definition) is 4. The minimum absolute atomic E-state index is 0.559. The van der Waals surface area contributed by atoms with E-state index in [9.17, 15) is 21.6 Å². The highest BCUT2D eigenvalue weighted by atomic mass is 35.7. The first-order valence-corrected chi connectivity index (χ1v) is 5.73. The van der Waals surface area contributed by atoms with Crippen LogP contribution in [0.3, 0.4) is 0 Å². The van der Waals surface area contributed by atoms with Gasteiger partial charge in [-0.2, -0.15) is 4.39 Å². The van der Waals surface area contributed by atoms with Crippen LogP contribution in [0.15, 0.2) is 11.0 Å². The van der Waals surface area contributed by atoms with Crippen molar-refractivity contribution >= 4 is 25.4 Å². The van der Waals surface area contributed by atoms with Gasteiger partial charge in [0.1, 0.15) is 5.69 Å². The third kappa shape index (κ3) is 2.51. The lowest BCUT2D eigenvalue weighted by Crippen LogP contribution is -2.06. The molecule has 4 nitrogen and oxygen atoms in total. The highest BCUT2D eigenvalue weighted by Gasteiger charge is 2.24. The van der Waals surface area contributed by atoms with Crippen molar-refractivity contribution in [3.63, 3.8) is 0 Å². The number of nitrogen functional groups attached to an aromatic ring is 1. The fraction of sp³-hybridized carbons (Fsp3) is 0.167. The Hall–Kier alpha value is -1.02. The van der Waals surface area contributed by atoms with E-state index in [0.717, 1.165) is 0 Å². The average molecular weight is 261 g/mol. The molecule has 0 atom stereocenters. The van der Waals surface area contributed by atoms with E-state index >= 15 is 0 Å². The Balaban J connectivity index is 3.48. The van der Waals surface area contributed by atoms with Crippen LogP contribution in [0.4, 0.5) is 18.9 Å². The molecule has 0 bridgehead atoms. The molecule has 0 aliphatic carbocycles. The molecule has 0 aliphatic rings. The zero-order valence-electron chi connectivity index (χ0n) is 6.92. The molecule has 1 rings (SSSR count). The van der Waals surface area contributed by atoms with Gasteiger partial charge in [0.25, 0.3) is 15.5 Å². The second kappa shape index (κ2) is 3.86. The largest absolute Gasteiger partial charge is 0.397 e. The van der Waals surface area contributed by atoms with Crippen molar-refractivity contribution < 1.29 is 21.6 Å². The Morgan fingerprint density at radius 2 is 2.00 bits per heavy atom. The molecule has 0 aliphatic heterocycles. The molecule has 0 fully saturated rings. The predicted octanol–water partition coefficient (Wildman–Crippen LogP) is 1.67. The number of alkyl halides is 2. The van der Waals surface area contributed by atoms with E-state index in [1.807, 2.05) is 0 Å². The van der Waals surface area contributed by atoms with E-state index in [4.69, 9.17) is 16.4 Å². The summed E-state index contributed by atoms with van der Waals surface area (Å²) in [7, 11) is 0.384. The summed E-state index contributed by atoms with van der Waals surface area (Å²) in [5.74, 6) is -1.64. The van der Waals surface area contributed by atoms with Crippen LogP contribution in [0.1, 0.15) is 12.1 Å². The van der Waals surface area contributed by atoms with Crippen LogP contribution in [-0.4, -0.2) is 13.4 Å². The first-order chi connectivity index (χ1) is 6.73. The summed E-state index contributed by atoms with van der Waals surface area (Å²) in [6.45, 7) is 0. The summed E-state index contributed by atoms with van der Waals surface area (Å²) in [5.41, 5.74) is 3.42. The van der Waals surface area contributed by atoms with Crippen LogP contribution in [0.5, 0.6) is 0 Å². The maximum absolute atomic E-state index is 13.0. The lowest BCUT2D eigenvalue weighted by Gasteiger charge is -2.05. The van der Waals surface area contributed by atoms with Gasteiger partial charge in [-0.3, -0.25) is 0 Å². The van der Waals surface area contributed by atoms with Crippen molar-refractivity contribution in [2.75, 3.05) is 5.73 Å². The van der Waals surface area contributed by atoms with Gasteiger partial charge >= 0.3 is 0 Å². The van der Waals surface area contributed by atoms with Crippen molar-refractivity contribution in [1.29, 1.82) is 0 Å². The summed E-state index contributed by atoms with van der Waals surface area (Å²) in [6.07, 6.45) is -3.05. The molecule has 0 saturated heterocycles. The summed E-state index contributed by atoms with van der Waals surface area (Å²) < 4.78 is 58.7. The van der Waals surface area contributed by atoms with E-state index in [-0.39, 0.29) is 0 Å². The standard InChI is InChI=1S/C6H4ClF3N2O2S/c7-15(13,14)4-2(11)1-3(5(8)9)12-6(4)10/h1,5H,(H2,11,12). The van der Waals surface area contributed by atoms with Crippen LogP contribution in [0.2, 0.25) is 0 Å². The van der Waals surface area contributed by atoms with Crippen molar-refractivity contribution in [3.8, 4) is 0 Å². The molecule has 15 heavy (non-hydrogen) atoms. The van der Waals surface area contributed by atoms with Gasteiger partial charge in [-0.15, -0.1) is 0 Å². The average Bonchev–Trinajstić information content (AvgIpc) is 1.99. The van der Waals surface area contributed by atoms with Gasteiger partial charge in [-0.05, 0) is 6.07 Å². The Bertz CT molecular complexity index is 468. The van der Waals surface area contributed by atoms with E-state index in [1.54, 1.807) is 0 Å². The molecule has 0 aromatic carbocycles. The second-order valence-electron chi connectivity index (χ2n) is 2.49. The zero-order chi connectivity index (χ0) is 11.8. The van der Waals surface area contributed by atoms with Crippen LogP contribution in [-0.2, 0) is 9.05 Å². The predicted molar refractivity (Wildman–Crippen MR) is 46.6 cm³/mol. The Morgan fingerprint density at radius 3 is 2.33 bits per heavy atom. The highest BCUT2D eigenvalue weighted by molar-refractivity contribution is 8.13. The summed E-state index contributed by atoms with van der Waals surface area (Å²) in [4.78, 5) is 1.65. The number of aromatic nitrogens is 1. The van der Waals surface area contributed by atoms with E-state index < -0.39 is 37.7 Å². The normalized spacial score (nSPS) is 12.1. The van der Waals surface area contributed by atoms with Gasteiger partial charge in [0.2, 0.25) is 5.95 Å². The van der Waals surface area contributed by atoms with Crippen molar-refractivity contribution in [2.24, 2.45) is 0 Å². The van der Waals surface area contributed by atoms with Gasteiger partial charge in [-0.25, -0.2) is 22.2 Å². The number of pyridine rings is 1. The highest BCUT2D eigenvalue weighted by Crippen LogP contribution is 2.28. The molecule has 1 aromatic rings. The molecule has 0 spiro atoms. The van der Waals surface area contributed by atoms with Crippen LogP contribution < -0.4 is 5.73 Å². The fourth-order valence-electron chi connectivity index (χ4n) is 0.894. The topological polar surface area (TPSA) is 73.0 Å². The van der Waals surface area contributed by atoms with Crippen LogP contribution >= 0.6 is 10.7 Å². The number of nitrogens with two attached hydrogens (primary N) is 1. The molecule has 2 N–H and O–H groups in total. The monoisotopic (exact) mass is 260 g/mol. The smallest absolute Gasteiger partial charge is 0.280 e. The summed E-state index contributed by atoms with van der Waals surface area (Å²) >= 11 is 0. The number of anilines is 1. The van der Waals surface area contributed by atoms with Crippen molar-refractivity contribution in [1.82, 2.24) is 4.98 Å². The molecular formula is C6H4ClF3N2O2S. The Morgan fingerprint density at radius 1 is 1.47 bits per heavy atom. The van der Waals surface area contributed by atoms with Gasteiger partial charge in [-0.1, -0.05) is 0 Å². The maximum Gasteiger partial charge on any atom is 0.280 e. The fourth-order valence-corrected chi connectivity index (χ4v) is 1.94. The Kier molecular flexibility index (Phi) is 3.10. The van der Waals surface area contributed by atoms with Crippen molar-refractivity contribution in [2.45, 2.75) is 11.3 Å². The summed E-state index contributed by atoms with van der Waals surface area (Å²) in [5, 5.41) is 0. The second-order valence-corrected chi connectivity index (χ2v) is 5.00. The SMILES string of the molecule is Nc1cc(C(F)F)nc(F)c1S(=O)(=O)Cl. The molecule has 84 valence electrons. The number of halogens is 4. The third-order valence-corrected chi connectivity index (χ3v) is 2.80. The first kappa shape index (κ1) is 12.1. The molecule has 1 aromatic heterocycles. The zero-order valence-corrected chi connectivity index (χ0v) is 8.49. The van der Waals surface area contributed by atoms with Gasteiger partial charge in [0.15, 0.2) is 4.90 Å². The molecule has 0 saturated carbocycles. The number of hydrogen-bond donors (Lipinski definition) is 1. The van der Waals surface area contributed by atoms with Gasteiger partial charge in [0, 0.05) is 10.7 Å². The maximum atomic E-state index is 13.0. The molecule has 9 heteroatoms. The third-order valence-electron chi connectivity index (χ3n) is 1.45. The lowest BCUT2D eigenvalue weighted by atomic mass is 10.3. The minimum Gasteiger partial charge on any atom is -0.397 e. The molecule has 0 amide bonds. The minimum atomic E-state index is -4.44. The quantitative estimate of drug-likeness (QED) is 0.648. The summed E-state index contributed by atoms with van der Waals surface area (Å²) in [6, 6.07) is 0.559. The Labute approximate surface area is 87.3 Å². The van der Waals surface area contributed by atoms with Gasteiger partial charge < -0.3 is 5.73 Å².